The van der Waals surface area contributed by atoms with Gasteiger partial charge in [0.15, 0.2) is 0 Å². The van der Waals surface area contributed by atoms with E-state index in [0.717, 1.165) is 18.4 Å². The lowest BCUT2D eigenvalue weighted by molar-refractivity contribution is -0.142. The molecule has 0 heterocycles. The Kier molecular flexibility index (Phi) is 6.73. The Morgan fingerprint density at radius 2 is 1.95 bits per heavy atom. The first-order valence-corrected chi connectivity index (χ1v) is 6.87. The summed E-state index contributed by atoms with van der Waals surface area (Å²) in [4.78, 5) is 23.0. The van der Waals surface area contributed by atoms with E-state index in [-0.39, 0.29) is 0 Å². The summed E-state index contributed by atoms with van der Waals surface area (Å²) in [6, 6.07) is 7.82. The molecule has 0 aliphatic heterocycles. The maximum absolute atomic E-state index is 11.9. The number of hydrogen-bond acceptors (Lipinski definition) is 3. The molecule has 110 valence electrons. The number of carbonyl (C=O) groups excluding carboxylic acids is 1. The molecule has 0 aromatic heterocycles. The molecule has 20 heavy (non-hydrogen) atoms. The Morgan fingerprint density at radius 1 is 1.30 bits per heavy atom. The van der Waals surface area contributed by atoms with Crippen LogP contribution in [0.25, 0.3) is 0 Å². The fourth-order valence-electron chi connectivity index (χ4n) is 1.91. The monoisotopic (exact) mass is 278 g/mol. The second-order valence-electron chi connectivity index (χ2n) is 4.84. The molecule has 0 bridgehead atoms. The Hall–Kier alpha value is -1.88. The van der Waals surface area contributed by atoms with Gasteiger partial charge in [-0.3, -0.25) is 4.79 Å². The summed E-state index contributed by atoms with van der Waals surface area (Å²) in [6.07, 6.45) is 2.46. The molecule has 1 aromatic carbocycles. The topological polar surface area (TPSA) is 92.4 Å². The lowest BCUT2D eigenvalue weighted by atomic mass is 10.0. The Balaban J connectivity index is 2.53. The van der Waals surface area contributed by atoms with E-state index >= 15 is 0 Å². The van der Waals surface area contributed by atoms with Gasteiger partial charge in [0.2, 0.25) is 5.91 Å². The molecular formula is C15H22N2O3. The predicted molar refractivity (Wildman–Crippen MR) is 77.2 cm³/mol. The van der Waals surface area contributed by atoms with Crippen molar-refractivity contribution in [3.8, 4) is 0 Å². The molecule has 0 aliphatic rings. The van der Waals surface area contributed by atoms with Crippen LogP contribution in [-0.4, -0.2) is 29.1 Å². The van der Waals surface area contributed by atoms with Gasteiger partial charge in [0.25, 0.3) is 0 Å². The van der Waals surface area contributed by atoms with Crippen LogP contribution < -0.4 is 11.1 Å². The number of aliphatic carboxylic acids is 1. The second kappa shape index (κ2) is 8.32. The lowest BCUT2D eigenvalue weighted by Crippen LogP contribution is -2.49. The Labute approximate surface area is 119 Å². The van der Waals surface area contributed by atoms with Crippen molar-refractivity contribution in [2.75, 3.05) is 0 Å². The molecule has 2 unspecified atom stereocenters. The highest BCUT2D eigenvalue weighted by molar-refractivity contribution is 5.86. The average molecular weight is 278 g/mol. The second-order valence-corrected chi connectivity index (χ2v) is 4.84. The van der Waals surface area contributed by atoms with Crippen molar-refractivity contribution >= 4 is 11.9 Å². The third-order valence-corrected chi connectivity index (χ3v) is 3.10. The summed E-state index contributed by atoms with van der Waals surface area (Å²) in [5.41, 5.74) is 6.78. The van der Waals surface area contributed by atoms with E-state index in [2.05, 4.69) is 5.32 Å². The van der Waals surface area contributed by atoms with Crippen molar-refractivity contribution < 1.29 is 14.7 Å². The molecule has 2 atom stereocenters. The Bertz CT molecular complexity index is 434. The zero-order chi connectivity index (χ0) is 15.0. The minimum absolute atomic E-state index is 0.396. The number of hydrogen-bond donors (Lipinski definition) is 3. The number of carboxylic acids is 1. The van der Waals surface area contributed by atoms with E-state index in [0.29, 0.717) is 12.8 Å². The SMILES string of the molecule is CCCCC(NC(=O)C(N)Cc1ccccc1)C(=O)O. The molecule has 1 aromatic rings. The van der Waals surface area contributed by atoms with Crippen molar-refractivity contribution in [2.45, 2.75) is 44.7 Å². The summed E-state index contributed by atoms with van der Waals surface area (Å²) >= 11 is 0. The molecule has 1 rings (SSSR count). The fraction of sp³-hybridized carbons (Fsp3) is 0.467. The number of nitrogens with one attached hydrogen (secondary N) is 1. The number of nitrogens with two attached hydrogens (primary N) is 1. The van der Waals surface area contributed by atoms with Gasteiger partial charge in [0.05, 0.1) is 6.04 Å². The third kappa shape index (κ3) is 5.40. The van der Waals surface area contributed by atoms with E-state index < -0.39 is 24.0 Å². The summed E-state index contributed by atoms with van der Waals surface area (Å²) in [7, 11) is 0. The summed E-state index contributed by atoms with van der Waals surface area (Å²) in [5, 5.41) is 11.6. The highest BCUT2D eigenvalue weighted by Crippen LogP contribution is 2.04. The maximum Gasteiger partial charge on any atom is 0.326 e. The van der Waals surface area contributed by atoms with Crippen LogP contribution in [0.2, 0.25) is 0 Å². The molecule has 0 fully saturated rings. The molecule has 5 nitrogen and oxygen atoms in total. The Morgan fingerprint density at radius 3 is 2.50 bits per heavy atom. The summed E-state index contributed by atoms with van der Waals surface area (Å²) in [6.45, 7) is 1.97. The van der Waals surface area contributed by atoms with E-state index in [1.807, 2.05) is 37.3 Å². The van der Waals surface area contributed by atoms with Crippen LogP contribution in [0.5, 0.6) is 0 Å². The quantitative estimate of drug-likeness (QED) is 0.668. The van der Waals surface area contributed by atoms with E-state index in [9.17, 15) is 9.59 Å². The average Bonchev–Trinajstić information content (AvgIpc) is 2.43. The largest absolute Gasteiger partial charge is 0.480 e. The first-order chi connectivity index (χ1) is 9.54. The third-order valence-electron chi connectivity index (χ3n) is 3.10. The summed E-state index contributed by atoms with van der Waals surface area (Å²) in [5.74, 6) is -1.43. The zero-order valence-electron chi connectivity index (χ0n) is 11.7. The van der Waals surface area contributed by atoms with Gasteiger partial charge in [-0.05, 0) is 18.4 Å². The van der Waals surface area contributed by atoms with E-state index in [4.69, 9.17) is 10.8 Å². The van der Waals surface area contributed by atoms with Crippen molar-refractivity contribution in [1.29, 1.82) is 0 Å². The van der Waals surface area contributed by atoms with Gasteiger partial charge >= 0.3 is 5.97 Å². The van der Waals surface area contributed by atoms with Gasteiger partial charge in [0, 0.05) is 0 Å². The van der Waals surface area contributed by atoms with Crippen LogP contribution in [-0.2, 0) is 16.0 Å². The molecule has 0 aliphatic carbocycles. The van der Waals surface area contributed by atoms with Crippen LogP contribution in [0.1, 0.15) is 31.7 Å². The van der Waals surface area contributed by atoms with Gasteiger partial charge < -0.3 is 16.2 Å². The van der Waals surface area contributed by atoms with E-state index in [1.54, 1.807) is 0 Å². The normalized spacial score (nSPS) is 13.5. The van der Waals surface area contributed by atoms with Crippen LogP contribution >= 0.6 is 0 Å². The van der Waals surface area contributed by atoms with Gasteiger partial charge in [-0.25, -0.2) is 4.79 Å². The highest BCUT2D eigenvalue weighted by Gasteiger charge is 2.22. The molecule has 4 N–H and O–H groups in total. The molecule has 0 radical (unpaired) electrons. The van der Waals surface area contributed by atoms with Gasteiger partial charge in [-0.2, -0.15) is 0 Å². The van der Waals surface area contributed by atoms with Crippen molar-refractivity contribution in [3.63, 3.8) is 0 Å². The van der Waals surface area contributed by atoms with Gasteiger partial charge in [-0.1, -0.05) is 50.1 Å². The predicted octanol–water partition coefficient (Wildman–Crippen LogP) is 1.32. The molecule has 1 amide bonds. The maximum atomic E-state index is 11.9. The van der Waals surface area contributed by atoms with Crippen LogP contribution in [0, 0.1) is 0 Å². The lowest BCUT2D eigenvalue weighted by Gasteiger charge is -2.17. The zero-order valence-corrected chi connectivity index (χ0v) is 11.7. The number of unbranched alkanes of at least 4 members (excludes halogenated alkanes) is 1. The van der Waals surface area contributed by atoms with E-state index in [1.165, 1.54) is 0 Å². The molecule has 0 saturated carbocycles. The molecule has 0 spiro atoms. The minimum Gasteiger partial charge on any atom is -0.480 e. The molecule has 5 heteroatoms. The van der Waals surface area contributed by atoms with Gasteiger partial charge in [0.1, 0.15) is 6.04 Å². The first-order valence-electron chi connectivity index (χ1n) is 6.87. The van der Waals surface area contributed by atoms with Gasteiger partial charge in [-0.15, -0.1) is 0 Å². The fourth-order valence-corrected chi connectivity index (χ4v) is 1.91. The molecular weight excluding hydrogens is 256 g/mol. The number of carboxylic acid groups (broad SMARTS) is 1. The van der Waals surface area contributed by atoms with Crippen molar-refractivity contribution in [3.05, 3.63) is 35.9 Å². The summed E-state index contributed by atoms with van der Waals surface area (Å²) < 4.78 is 0. The highest BCUT2D eigenvalue weighted by atomic mass is 16.4. The number of rotatable bonds is 8. The number of carbonyl (C=O) groups is 2. The number of amides is 1. The van der Waals surface area contributed by atoms with Crippen molar-refractivity contribution in [2.24, 2.45) is 5.73 Å². The van der Waals surface area contributed by atoms with Crippen LogP contribution in [0.4, 0.5) is 0 Å². The van der Waals surface area contributed by atoms with Crippen LogP contribution in [0.3, 0.4) is 0 Å². The molecule has 0 saturated heterocycles. The smallest absolute Gasteiger partial charge is 0.326 e. The minimum atomic E-state index is -1.02. The first kappa shape index (κ1) is 16.2. The standard InChI is InChI=1S/C15H22N2O3/c1-2-3-9-13(15(19)20)17-14(18)12(16)10-11-7-5-4-6-8-11/h4-8,12-13H,2-3,9-10,16H2,1H3,(H,17,18)(H,19,20). The van der Waals surface area contributed by atoms with Crippen molar-refractivity contribution in [1.82, 2.24) is 5.32 Å². The van der Waals surface area contributed by atoms with Crippen LogP contribution in [0.15, 0.2) is 30.3 Å². The number of benzene rings is 1.